The van der Waals surface area contributed by atoms with Crippen molar-refractivity contribution in [1.82, 2.24) is 5.32 Å². The minimum atomic E-state index is 0.641. The van der Waals surface area contributed by atoms with Gasteiger partial charge in [-0.2, -0.15) is 0 Å². The summed E-state index contributed by atoms with van der Waals surface area (Å²) in [6.07, 6.45) is 8.42. The second kappa shape index (κ2) is 5.89. The SMILES string of the molecule is CCC(NCC1(CC)CCCC1)C(C)C. The average molecular weight is 211 g/mol. The summed E-state index contributed by atoms with van der Waals surface area (Å²) in [4.78, 5) is 0. The van der Waals surface area contributed by atoms with Gasteiger partial charge in [-0.05, 0) is 37.0 Å². The maximum atomic E-state index is 3.80. The Labute approximate surface area is 96.0 Å². The highest BCUT2D eigenvalue weighted by Gasteiger charge is 2.32. The molecular weight excluding hydrogens is 182 g/mol. The maximum Gasteiger partial charge on any atom is 0.00876 e. The Morgan fingerprint density at radius 2 is 1.73 bits per heavy atom. The molecule has 1 heteroatoms. The fraction of sp³-hybridized carbons (Fsp3) is 1.00. The summed E-state index contributed by atoms with van der Waals surface area (Å²) < 4.78 is 0. The van der Waals surface area contributed by atoms with Gasteiger partial charge < -0.3 is 5.32 Å². The van der Waals surface area contributed by atoms with Crippen LogP contribution in [0.15, 0.2) is 0 Å². The van der Waals surface area contributed by atoms with Crippen molar-refractivity contribution in [2.24, 2.45) is 11.3 Å². The van der Waals surface area contributed by atoms with E-state index in [0.29, 0.717) is 11.5 Å². The zero-order valence-electron chi connectivity index (χ0n) is 11.1. The molecule has 15 heavy (non-hydrogen) atoms. The molecule has 1 nitrogen and oxygen atoms in total. The molecule has 0 saturated heterocycles. The first-order valence-corrected chi connectivity index (χ1v) is 6.87. The van der Waals surface area contributed by atoms with Crippen molar-refractivity contribution in [3.05, 3.63) is 0 Å². The third kappa shape index (κ3) is 3.48. The van der Waals surface area contributed by atoms with Gasteiger partial charge in [0.2, 0.25) is 0 Å². The molecule has 1 saturated carbocycles. The van der Waals surface area contributed by atoms with Crippen LogP contribution in [-0.2, 0) is 0 Å². The minimum absolute atomic E-state index is 0.641. The molecule has 1 fully saturated rings. The quantitative estimate of drug-likeness (QED) is 0.700. The topological polar surface area (TPSA) is 12.0 Å². The lowest BCUT2D eigenvalue weighted by Gasteiger charge is -2.31. The highest BCUT2D eigenvalue weighted by atomic mass is 14.9. The second-order valence-electron chi connectivity index (χ2n) is 5.70. The molecule has 0 radical (unpaired) electrons. The molecule has 1 aliphatic rings. The third-order valence-corrected chi connectivity index (χ3v) is 4.40. The zero-order chi connectivity index (χ0) is 11.3. The van der Waals surface area contributed by atoms with E-state index in [9.17, 15) is 0 Å². The van der Waals surface area contributed by atoms with Gasteiger partial charge in [-0.25, -0.2) is 0 Å². The van der Waals surface area contributed by atoms with Crippen molar-refractivity contribution >= 4 is 0 Å². The van der Waals surface area contributed by atoms with Crippen LogP contribution in [0.1, 0.15) is 66.2 Å². The van der Waals surface area contributed by atoms with E-state index in [1.165, 1.54) is 45.1 Å². The van der Waals surface area contributed by atoms with Gasteiger partial charge in [0.05, 0.1) is 0 Å². The van der Waals surface area contributed by atoms with E-state index < -0.39 is 0 Å². The molecule has 0 heterocycles. The number of nitrogens with one attached hydrogen (secondary N) is 1. The van der Waals surface area contributed by atoms with E-state index in [4.69, 9.17) is 0 Å². The Kier molecular flexibility index (Phi) is 5.11. The summed E-state index contributed by atoms with van der Waals surface area (Å²) in [6, 6.07) is 0.717. The molecular formula is C14H29N. The van der Waals surface area contributed by atoms with Crippen LogP contribution in [0.5, 0.6) is 0 Å². The smallest absolute Gasteiger partial charge is 0.00876 e. The molecule has 1 N–H and O–H groups in total. The molecule has 0 aromatic carbocycles. The monoisotopic (exact) mass is 211 g/mol. The van der Waals surface area contributed by atoms with Crippen molar-refractivity contribution in [3.63, 3.8) is 0 Å². The third-order valence-electron chi connectivity index (χ3n) is 4.40. The second-order valence-corrected chi connectivity index (χ2v) is 5.70. The fourth-order valence-corrected chi connectivity index (χ4v) is 2.98. The van der Waals surface area contributed by atoms with E-state index in [1.54, 1.807) is 0 Å². The van der Waals surface area contributed by atoms with Gasteiger partial charge in [0, 0.05) is 12.6 Å². The van der Waals surface area contributed by atoms with Crippen molar-refractivity contribution in [2.75, 3.05) is 6.54 Å². The first kappa shape index (κ1) is 13.0. The first-order chi connectivity index (χ1) is 7.13. The van der Waals surface area contributed by atoms with Crippen LogP contribution < -0.4 is 5.32 Å². The summed E-state index contributed by atoms with van der Waals surface area (Å²) in [5.41, 5.74) is 0.641. The van der Waals surface area contributed by atoms with Crippen molar-refractivity contribution in [2.45, 2.75) is 72.3 Å². The van der Waals surface area contributed by atoms with Crippen molar-refractivity contribution in [3.8, 4) is 0 Å². The van der Waals surface area contributed by atoms with E-state index in [1.807, 2.05) is 0 Å². The number of rotatable bonds is 6. The molecule has 0 aliphatic heterocycles. The molecule has 0 bridgehead atoms. The Hall–Kier alpha value is -0.0400. The molecule has 0 aromatic heterocycles. The molecule has 0 amide bonds. The molecule has 90 valence electrons. The predicted octanol–water partition coefficient (Wildman–Crippen LogP) is 3.98. The highest BCUT2D eigenvalue weighted by Crippen LogP contribution is 2.40. The maximum absolute atomic E-state index is 3.80. The van der Waals surface area contributed by atoms with Crippen LogP contribution >= 0.6 is 0 Å². The summed E-state index contributed by atoms with van der Waals surface area (Å²) in [5.74, 6) is 0.769. The fourth-order valence-electron chi connectivity index (χ4n) is 2.98. The lowest BCUT2D eigenvalue weighted by molar-refractivity contribution is 0.239. The van der Waals surface area contributed by atoms with Crippen LogP contribution in [-0.4, -0.2) is 12.6 Å². The Morgan fingerprint density at radius 3 is 2.13 bits per heavy atom. The normalized spacial score (nSPS) is 22.2. The lowest BCUT2D eigenvalue weighted by atomic mass is 9.83. The van der Waals surface area contributed by atoms with Gasteiger partial charge >= 0.3 is 0 Å². The van der Waals surface area contributed by atoms with Crippen molar-refractivity contribution < 1.29 is 0 Å². The van der Waals surface area contributed by atoms with Gasteiger partial charge in [-0.15, -0.1) is 0 Å². The van der Waals surface area contributed by atoms with E-state index in [0.717, 1.165) is 5.92 Å². The van der Waals surface area contributed by atoms with Crippen LogP contribution in [0.2, 0.25) is 0 Å². The Morgan fingerprint density at radius 1 is 1.13 bits per heavy atom. The molecule has 1 aliphatic carbocycles. The largest absolute Gasteiger partial charge is 0.313 e. The number of hydrogen-bond acceptors (Lipinski definition) is 1. The van der Waals surface area contributed by atoms with Gasteiger partial charge in [-0.1, -0.05) is 40.5 Å². The van der Waals surface area contributed by atoms with E-state index in [-0.39, 0.29) is 0 Å². The van der Waals surface area contributed by atoms with Crippen LogP contribution in [0.4, 0.5) is 0 Å². The highest BCUT2D eigenvalue weighted by molar-refractivity contribution is 4.86. The summed E-state index contributed by atoms with van der Waals surface area (Å²) >= 11 is 0. The first-order valence-electron chi connectivity index (χ1n) is 6.87. The molecule has 1 rings (SSSR count). The van der Waals surface area contributed by atoms with E-state index >= 15 is 0 Å². The predicted molar refractivity (Wildman–Crippen MR) is 68.1 cm³/mol. The number of hydrogen-bond donors (Lipinski definition) is 1. The van der Waals surface area contributed by atoms with Crippen LogP contribution in [0.3, 0.4) is 0 Å². The zero-order valence-corrected chi connectivity index (χ0v) is 11.1. The lowest BCUT2D eigenvalue weighted by Crippen LogP contribution is -2.40. The molecule has 1 unspecified atom stereocenters. The molecule has 0 spiro atoms. The van der Waals surface area contributed by atoms with Gasteiger partial charge in [0.15, 0.2) is 0 Å². The Bertz CT molecular complexity index is 168. The summed E-state index contributed by atoms with van der Waals surface area (Å²) in [5, 5.41) is 3.80. The minimum Gasteiger partial charge on any atom is -0.313 e. The van der Waals surface area contributed by atoms with Gasteiger partial charge in [0.1, 0.15) is 0 Å². The molecule has 0 aromatic rings. The van der Waals surface area contributed by atoms with E-state index in [2.05, 4.69) is 33.0 Å². The Balaban J connectivity index is 2.39. The average Bonchev–Trinajstić information content (AvgIpc) is 2.68. The summed E-state index contributed by atoms with van der Waals surface area (Å²) in [7, 11) is 0. The van der Waals surface area contributed by atoms with Gasteiger partial charge in [-0.3, -0.25) is 0 Å². The van der Waals surface area contributed by atoms with Crippen molar-refractivity contribution in [1.29, 1.82) is 0 Å². The van der Waals surface area contributed by atoms with Crippen LogP contribution in [0.25, 0.3) is 0 Å². The van der Waals surface area contributed by atoms with Crippen LogP contribution in [0, 0.1) is 11.3 Å². The summed E-state index contributed by atoms with van der Waals surface area (Å²) in [6.45, 7) is 10.6. The molecule has 1 atom stereocenters. The van der Waals surface area contributed by atoms with Gasteiger partial charge in [0.25, 0.3) is 0 Å². The standard InChI is InChI=1S/C14H29N/c1-5-13(12(3)4)15-11-14(6-2)9-7-8-10-14/h12-13,15H,5-11H2,1-4H3.